The van der Waals surface area contributed by atoms with Gasteiger partial charge < -0.3 is 128 Å². The van der Waals surface area contributed by atoms with Crippen molar-refractivity contribution >= 4 is 93.3 Å². The zero-order valence-electron chi connectivity index (χ0n) is 78.2. The number of methoxy groups -OCH3 is 3. The van der Waals surface area contributed by atoms with E-state index in [9.17, 15) is 87.9 Å². The molecule has 48 heteroatoms. The number of benzene rings is 6. The number of amides is 3. The predicted octanol–water partition coefficient (Wildman–Crippen LogP) is 4.63. The van der Waals surface area contributed by atoms with Gasteiger partial charge in [0.1, 0.15) is 41.8 Å². The fourth-order valence-corrected chi connectivity index (χ4v) is 22.4. The Balaban J connectivity index is 0.000000218. The number of nitrogens with one attached hydrogen (secondary N) is 4. The molecule has 0 radical (unpaired) electrons. The van der Waals surface area contributed by atoms with Crippen LogP contribution in [0.25, 0.3) is 0 Å². The Morgan fingerprint density at radius 2 is 0.752 bits per heavy atom. The quantitative estimate of drug-likeness (QED) is 0.0141. The summed E-state index contributed by atoms with van der Waals surface area (Å²) < 4.78 is 184. The maximum Gasteiger partial charge on any atom is 0.408 e. The number of nitrogens with two attached hydrogens (primary N) is 1. The minimum atomic E-state index is -4.39. The van der Waals surface area contributed by atoms with E-state index >= 15 is 0 Å². The van der Waals surface area contributed by atoms with Gasteiger partial charge in [0, 0.05) is 72.0 Å². The Kier molecular flexibility index (Phi) is 42.4. The van der Waals surface area contributed by atoms with E-state index in [2.05, 4.69) is 21.3 Å². The third kappa shape index (κ3) is 33.3. The lowest BCUT2D eigenvalue weighted by Gasteiger charge is -2.32. The second-order valence-electron chi connectivity index (χ2n) is 35.2. The van der Waals surface area contributed by atoms with Gasteiger partial charge in [-0.05, 0) is 176 Å². The highest BCUT2D eigenvalue weighted by Gasteiger charge is 2.48. The third-order valence-electron chi connectivity index (χ3n) is 23.1. The summed E-state index contributed by atoms with van der Waals surface area (Å²) >= 11 is 0. The molecule has 6 aliphatic rings. The number of rotatable bonds is 43. The molecule has 0 spiro atoms. The average Bonchev–Trinajstić information content (AvgIpc) is 1.70. The number of sulfonamides is 3. The van der Waals surface area contributed by atoms with E-state index < -0.39 is 138 Å². The van der Waals surface area contributed by atoms with Crippen LogP contribution in [0.2, 0.25) is 0 Å². The van der Waals surface area contributed by atoms with Crippen molar-refractivity contribution in [1.82, 2.24) is 39.1 Å². The van der Waals surface area contributed by atoms with Gasteiger partial charge in [-0.2, -0.15) is 12.9 Å². The molecule has 762 valence electrons. The number of carbonyl (C=O) groups is 4. The summed E-state index contributed by atoms with van der Waals surface area (Å²) in [5.41, 5.74) is 7.60. The lowest BCUT2D eigenvalue weighted by Crippen LogP contribution is -2.54. The van der Waals surface area contributed by atoms with Crippen LogP contribution in [-0.2, 0) is 111 Å². The Bertz CT molecular complexity index is 5350. The Hall–Kier alpha value is -8.06. The van der Waals surface area contributed by atoms with Crippen LogP contribution < -0.4 is 57.1 Å². The largest absolute Gasteiger partial charge is 0.497 e. The molecule has 137 heavy (non-hydrogen) atoms. The number of ether oxygens (including phenoxy) is 12. The van der Waals surface area contributed by atoms with Gasteiger partial charge >= 0.3 is 41.1 Å². The molecule has 12 rings (SSSR count). The molecule has 6 fully saturated rings. The first-order valence-corrected chi connectivity index (χ1v) is 53.7. The molecule has 6 aromatic rings. The Morgan fingerprint density at radius 1 is 0.438 bits per heavy atom. The van der Waals surface area contributed by atoms with E-state index in [4.69, 9.17) is 72.4 Å². The number of aldehydes is 1. The second-order valence-corrected chi connectivity index (χ2v) is 45.8. The zero-order valence-corrected chi connectivity index (χ0v) is 83.3. The summed E-state index contributed by atoms with van der Waals surface area (Å²) in [5.74, 6) is 0.755. The minimum absolute atomic E-state index is 0.0188. The molecule has 6 aliphatic heterocycles. The van der Waals surface area contributed by atoms with Crippen LogP contribution in [-0.4, -0.2) is 295 Å². The fourth-order valence-electron chi connectivity index (χ4n) is 15.8. The van der Waals surface area contributed by atoms with Crippen LogP contribution in [0.4, 0.5) is 14.4 Å². The van der Waals surface area contributed by atoms with Crippen LogP contribution in [0.1, 0.15) is 84.4 Å². The lowest BCUT2D eigenvalue weighted by atomic mass is 10.0. The Labute approximate surface area is 799 Å². The van der Waals surface area contributed by atoms with Crippen LogP contribution in [0, 0.1) is 41.4 Å². The van der Waals surface area contributed by atoms with E-state index in [1.807, 2.05) is 41.5 Å². The maximum absolute atomic E-state index is 13.7. The molecule has 15 atom stereocenters. The van der Waals surface area contributed by atoms with Crippen LogP contribution in [0.15, 0.2) is 160 Å². The van der Waals surface area contributed by atoms with Crippen LogP contribution in [0.5, 0.6) is 17.2 Å². The predicted molar refractivity (Wildman–Crippen MR) is 500 cm³/mol. The number of fused-ring (bicyclic) bond motifs is 3. The molecule has 1 unspecified atom stereocenters. The summed E-state index contributed by atoms with van der Waals surface area (Å²) in [4.78, 5) is 107. The minimum Gasteiger partial charge on any atom is -0.497 e. The van der Waals surface area contributed by atoms with Gasteiger partial charge in [0.15, 0.2) is 18.9 Å². The van der Waals surface area contributed by atoms with Gasteiger partial charge in [0.25, 0.3) is 0 Å². The van der Waals surface area contributed by atoms with Gasteiger partial charge in [-0.15, -0.1) is 0 Å². The first kappa shape index (κ1) is 113. The summed E-state index contributed by atoms with van der Waals surface area (Å²) in [6.45, 7) is 16.1. The molecular formula is C89H130N9O33P3S3. The number of carbonyl (C=O) groups excluding carboxylic acids is 4. The summed E-state index contributed by atoms with van der Waals surface area (Å²) in [6, 6.07) is 32.8. The molecule has 0 saturated carbocycles. The normalized spacial score (nSPS) is 21.2. The summed E-state index contributed by atoms with van der Waals surface area (Å²) in [5, 5.41) is 33.9. The monoisotopic (exact) mass is 2040 g/mol. The molecule has 6 aromatic carbocycles. The number of aliphatic hydroxyl groups is 2. The van der Waals surface area contributed by atoms with Crippen LogP contribution >= 0.6 is 22.8 Å². The fraction of sp³-hybridized carbons (Fsp3) is 0.551. The van der Waals surface area contributed by atoms with E-state index in [0.29, 0.717) is 74.8 Å². The molecule has 0 aromatic heterocycles. The van der Waals surface area contributed by atoms with E-state index in [1.54, 1.807) is 91.7 Å². The molecule has 14 N–H and O–H groups in total. The van der Waals surface area contributed by atoms with Crippen molar-refractivity contribution in [3.8, 4) is 17.2 Å². The van der Waals surface area contributed by atoms with Crippen molar-refractivity contribution in [3.63, 3.8) is 0 Å². The SMILES string of the molecule is COc1ccc(S(=O)(=O)N(CC(C)C)C[C@@H](C)C(C=O)NC(=O)O[C@H]2CO[C@H]3OCC[C@H]32)cc1.COc1ccc(S(=O)(=O)N(CC(C)C)C[C@@H](O)[C@H](CN(C)Cc2ccc(P(=O)(O)O)cc2)NC(=O)O[C@H]2CO[C@H]3OCC[C@H]32)cc1.COc1ccc(S(=O)(=O)N(CC(C)C)C[C@@H](O)[C@H](CNCc2ccc(P(=O)(O)O)cc2)NC(=O)O[C@H]2CO[C@H]3OCC[C@H]32)cc1.NCc1ccc(P(=O)(O)O)cc1. The summed E-state index contributed by atoms with van der Waals surface area (Å²) in [7, 11) is -18.5. The first-order chi connectivity index (χ1) is 64.6. The van der Waals surface area contributed by atoms with E-state index in [-0.39, 0.29) is 151 Å². The molecule has 6 heterocycles. The summed E-state index contributed by atoms with van der Waals surface area (Å²) in [6.07, 6.45) is -4.98. The molecule has 3 amide bonds. The first-order valence-electron chi connectivity index (χ1n) is 44.5. The zero-order chi connectivity index (χ0) is 100. The average molecular weight is 2040 g/mol. The van der Waals surface area contributed by atoms with Crippen molar-refractivity contribution in [2.45, 2.75) is 170 Å². The highest BCUT2D eigenvalue weighted by atomic mass is 32.2. The van der Waals surface area contributed by atoms with Gasteiger partial charge in [-0.1, -0.05) is 84.9 Å². The number of alkyl carbamates (subject to hydrolysis) is 3. The smallest absolute Gasteiger partial charge is 0.408 e. The van der Waals surface area contributed by atoms with Crippen molar-refractivity contribution in [2.24, 2.45) is 47.2 Å². The molecular weight excluding hydrogens is 1910 g/mol. The molecule has 42 nitrogen and oxygen atoms in total. The number of likely N-dealkylation sites (N-methyl/N-ethyl adjacent to an activating group) is 1. The highest BCUT2D eigenvalue weighted by molar-refractivity contribution is 7.89. The van der Waals surface area contributed by atoms with Crippen molar-refractivity contribution in [2.75, 3.05) is 120 Å². The molecule has 0 bridgehead atoms. The topological polar surface area (TPSA) is 582 Å². The van der Waals surface area contributed by atoms with Crippen LogP contribution in [0.3, 0.4) is 0 Å². The van der Waals surface area contributed by atoms with E-state index in [1.165, 1.54) is 107 Å². The third-order valence-corrected chi connectivity index (χ3v) is 31.5. The number of aliphatic hydroxyl groups excluding tert-OH is 2. The standard InChI is InChI=1S/C30H44N3O11PS.C29H42N3O11PS.C23H34N2O8S.C7H10NO3P/c1-20(2)15-33(46(39,40)24-11-7-22(41-4)8-12-24)18-27(34)26(31-30(35)44-28-19-43-29-25(28)13-14-42-29)17-32(3)16-21-5-9-23(10-6-21)45(36,37)38;1-19(2)16-32(45(38,39)23-10-6-21(40-3)7-11-23)17-26(33)25(15-30-14-20-4-8-22(9-5-20)44(35,36)37)31-29(34)43-27-18-42-28-24(27)12-13-41-28;1-15(2)11-25(34(28,29)18-7-5-17(30-4)6-8-18)12-16(3)20(13-26)24-23(27)33-21-14-32-22-19(21)9-10-31-22;8-5-6-1-3-7(4-2-6)12(9,10)11/h5-12,20,25-29,34H,13-19H2,1-4H3,(H,31,35)(H2,36,37,38);4-11,19,24-28,30,33H,12-18H2,1-3H3,(H,31,34)(H2,35,36,37);5-8,13,15-16,19-22H,9-12,14H2,1-4H3,(H,24,27);1-4H,5,8H2,(H2,9,10,11)/t25-,26-,27+,28-,29+;24-,25-,26+,27-,28+;16-,19+,20?,21+,22-;/m001./s1. The van der Waals surface area contributed by atoms with Crippen molar-refractivity contribution in [3.05, 3.63) is 162 Å². The number of hydrogen-bond acceptors (Lipinski definition) is 30. The number of hydrogen-bond donors (Lipinski definition) is 13. The van der Waals surface area contributed by atoms with Gasteiger partial charge in [-0.3, -0.25) is 18.6 Å². The Morgan fingerprint density at radius 3 is 1.07 bits per heavy atom. The lowest BCUT2D eigenvalue weighted by molar-refractivity contribution is -0.110. The maximum atomic E-state index is 13.7. The van der Waals surface area contributed by atoms with Crippen molar-refractivity contribution in [1.29, 1.82) is 0 Å². The molecule has 6 saturated heterocycles. The van der Waals surface area contributed by atoms with Gasteiger partial charge in [0.2, 0.25) is 30.1 Å². The number of nitrogens with zero attached hydrogens (tertiary/aromatic N) is 4. The van der Waals surface area contributed by atoms with Crippen molar-refractivity contribution < 1.29 is 155 Å². The van der Waals surface area contributed by atoms with Gasteiger partial charge in [-0.25, -0.2) is 39.6 Å². The molecule has 0 aliphatic carbocycles. The highest BCUT2D eigenvalue weighted by Crippen LogP contribution is 2.39. The van der Waals surface area contributed by atoms with Gasteiger partial charge in [0.05, 0.1) is 140 Å². The second kappa shape index (κ2) is 51.6. The van der Waals surface area contributed by atoms with E-state index in [0.717, 1.165) is 17.5 Å².